The lowest BCUT2D eigenvalue weighted by Gasteiger charge is -2.22. The Labute approximate surface area is 171 Å². The van der Waals surface area contributed by atoms with Crippen LogP contribution >= 0.6 is 0 Å². The molecule has 1 heterocycles. The van der Waals surface area contributed by atoms with Crippen LogP contribution in [0.4, 0.5) is 5.69 Å². The van der Waals surface area contributed by atoms with Crippen molar-refractivity contribution >= 4 is 21.6 Å². The van der Waals surface area contributed by atoms with E-state index in [-0.39, 0.29) is 16.4 Å². The van der Waals surface area contributed by atoms with E-state index in [9.17, 15) is 13.2 Å². The Kier molecular flexibility index (Phi) is 6.64. The molecular weight excluding hydrogens is 392 g/mol. The zero-order valence-electron chi connectivity index (χ0n) is 16.7. The van der Waals surface area contributed by atoms with Gasteiger partial charge in [0.15, 0.2) is 0 Å². The van der Waals surface area contributed by atoms with Crippen LogP contribution in [0.1, 0.15) is 36.0 Å². The molecule has 1 N–H and O–H groups in total. The minimum Gasteiger partial charge on any atom is -0.497 e. The van der Waals surface area contributed by atoms with Gasteiger partial charge in [-0.1, -0.05) is 18.9 Å². The second kappa shape index (κ2) is 9.17. The molecule has 0 unspecified atom stereocenters. The molecule has 7 nitrogen and oxygen atoms in total. The summed E-state index contributed by atoms with van der Waals surface area (Å²) in [5, 5.41) is 0. The number of carbonyl (C=O) groups excluding carboxylic acids is 1. The minimum absolute atomic E-state index is 0.000656. The first-order chi connectivity index (χ1) is 13.9. The smallest absolute Gasteiger partial charge is 0.261 e. The summed E-state index contributed by atoms with van der Waals surface area (Å²) in [4.78, 5) is 14.8. The van der Waals surface area contributed by atoms with E-state index in [1.54, 1.807) is 29.2 Å². The van der Waals surface area contributed by atoms with E-state index in [0.29, 0.717) is 30.3 Å². The van der Waals surface area contributed by atoms with Crippen LogP contribution in [0, 0.1) is 0 Å². The first kappa shape index (κ1) is 21.0. The molecule has 156 valence electrons. The number of carbonyl (C=O) groups is 1. The van der Waals surface area contributed by atoms with Crippen LogP contribution in [-0.2, 0) is 10.0 Å². The molecule has 0 radical (unpaired) electrons. The Morgan fingerprint density at radius 2 is 1.69 bits per heavy atom. The Balaban J connectivity index is 1.91. The molecule has 1 amide bonds. The van der Waals surface area contributed by atoms with Crippen LogP contribution in [0.5, 0.6) is 11.5 Å². The number of hydrogen-bond donors (Lipinski definition) is 1. The molecule has 2 aromatic carbocycles. The molecule has 0 saturated carbocycles. The quantitative estimate of drug-likeness (QED) is 0.776. The van der Waals surface area contributed by atoms with Crippen LogP contribution in [-0.4, -0.2) is 46.5 Å². The normalized spacial score (nSPS) is 14.8. The number of anilines is 1. The van der Waals surface area contributed by atoms with Gasteiger partial charge in [-0.2, -0.15) is 0 Å². The summed E-state index contributed by atoms with van der Waals surface area (Å²) in [6.45, 7) is 1.34. The van der Waals surface area contributed by atoms with Crippen LogP contribution in [0.3, 0.4) is 0 Å². The summed E-state index contributed by atoms with van der Waals surface area (Å²) in [5.74, 6) is 0.693. The number of nitrogens with one attached hydrogen (secondary N) is 1. The molecule has 2 aromatic rings. The fourth-order valence-electron chi connectivity index (χ4n) is 3.37. The third-order valence-electron chi connectivity index (χ3n) is 4.93. The monoisotopic (exact) mass is 418 g/mol. The van der Waals surface area contributed by atoms with Crippen LogP contribution in [0.2, 0.25) is 0 Å². The number of ether oxygens (including phenoxy) is 2. The van der Waals surface area contributed by atoms with Crippen molar-refractivity contribution < 1.29 is 22.7 Å². The lowest BCUT2D eigenvalue weighted by atomic mass is 10.1. The third kappa shape index (κ3) is 5.00. The van der Waals surface area contributed by atoms with Crippen LogP contribution in [0.15, 0.2) is 47.4 Å². The number of methoxy groups -OCH3 is 2. The molecule has 0 spiro atoms. The lowest BCUT2D eigenvalue weighted by molar-refractivity contribution is 0.0758. The summed E-state index contributed by atoms with van der Waals surface area (Å²) >= 11 is 0. The fourth-order valence-corrected chi connectivity index (χ4v) is 4.44. The maximum absolute atomic E-state index is 13.1. The van der Waals surface area contributed by atoms with Gasteiger partial charge in [0.1, 0.15) is 11.5 Å². The second-order valence-corrected chi connectivity index (χ2v) is 8.59. The predicted molar refractivity (Wildman–Crippen MR) is 111 cm³/mol. The van der Waals surface area contributed by atoms with E-state index in [2.05, 4.69) is 4.72 Å². The van der Waals surface area contributed by atoms with Crippen molar-refractivity contribution in [2.45, 2.75) is 30.6 Å². The van der Waals surface area contributed by atoms with Gasteiger partial charge in [-0.3, -0.25) is 9.52 Å². The van der Waals surface area contributed by atoms with E-state index in [4.69, 9.17) is 9.47 Å². The van der Waals surface area contributed by atoms with Crippen molar-refractivity contribution in [1.29, 1.82) is 0 Å². The molecule has 8 heteroatoms. The largest absolute Gasteiger partial charge is 0.497 e. The SMILES string of the molecule is COc1cccc(NS(=O)(=O)c2ccc(OC)c(C(=O)N3CCCCCC3)c2)c1. The Bertz CT molecular complexity index is 967. The van der Waals surface area contributed by atoms with Crippen molar-refractivity contribution in [3.8, 4) is 11.5 Å². The van der Waals surface area contributed by atoms with Gasteiger partial charge in [-0.25, -0.2) is 8.42 Å². The van der Waals surface area contributed by atoms with Gasteiger partial charge in [-0.15, -0.1) is 0 Å². The molecule has 0 aliphatic carbocycles. The lowest BCUT2D eigenvalue weighted by Crippen LogP contribution is -2.32. The molecule has 3 rings (SSSR count). The maximum Gasteiger partial charge on any atom is 0.261 e. The number of nitrogens with zero attached hydrogens (tertiary/aromatic N) is 1. The number of likely N-dealkylation sites (tertiary alicyclic amines) is 1. The Morgan fingerprint density at radius 3 is 2.34 bits per heavy atom. The molecule has 0 aromatic heterocycles. The topological polar surface area (TPSA) is 84.9 Å². The number of benzene rings is 2. The van der Waals surface area contributed by atoms with Crippen molar-refractivity contribution in [3.63, 3.8) is 0 Å². The average molecular weight is 419 g/mol. The molecule has 1 fully saturated rings. The highest BCUT2D eigenvalue weighted by atomic mass is 32.2. The van der Waals surface area contributed by atoms with Gasteiger partial charge in [-0.05, 0) is 43.2 Å². The van der Waals surface area contributed by atoms with E-state index in [1.165, 1.54) is 32.4 Å². The average Bonchev–Trinajstić information content (AvgIpc) is 3.02. The molecular formula is C21H26N2O5S. The summed E-state index contributed by atoms with van der Waals surface area (Å²) < 4.78 is 38.8. The predicted octanol–water partition coefficient (Wildman–Crippen LogP) is 3.52. The Hall–Kier alpha value is -2.74. The molecule has 0 atom stereocenters. The highest BCUT2D eigenvalue weighted by Crippen LogP contribution is 2.27. The van der Waals surface area contributed by atoms with E-state index >= 15 is 0 Å². The van der Waals surface area contributed by atoms with Crippen LogP contribution in [0.25, 0.3) is 0 Å². The number of rotatable bonds is 6. The van der Waals surface area contributed by atoms with E-state index < -0.39 is 10.0 Å². The van der Waals surface area contributed by atoms with E-state index in [1.807, 2.05) is 0 Å². The van der Waals surface area contributed by atoms with Gasteiger partial charge in [0.05, 0.1) is 30.4 Å². The summed E-state index contributed by atoms with van der Waals surface area (Å²) in [5.41, 5.74) is 0.628. The molecule has 1 aliphatic rings. The minimum atomic E-state index is -3.89. The Morgan fingerprint density at radius 1 is 0.966 bits per heavy atom. The summed E-state index contributed by atoms with van der Waals surface area (Å²) in [7, 11) is -0.908. The first-order valence-electron chi connectivity index (χ1n) is 9.59. The summed E-state index contributed by atoms with van der Waals surface area (Å²) in [6, 6.07) is 11.0. The van der Waals surface area contributed by atoms with E-state index in [0.717, 1.165) is 25.7 Å². The fraction of sp³-hybridized carbons (Fsp3) is 0.381. The highest BCUT2D eigenvalue weighted by molar-refractivity contribution is 7.92. The zero-order chi connectivity index (χ0) is 20.9. The molecule has 29 heavy (non-hydrogen) atoms. The van der Waals surface area contributed by atoms with Crippen molar-refractivity contribution in [1.82, 2.24) is 4.90 Å². The zero-order valence-corrected chi connectivity index (χ0v) is 17.5. The molecule has 0 bridgehead atoms. The third-order valence-corrected chi connectivity index (χ3v) is 6.31. The first-order valence-corrected chi connectivity index (χ1v) is 11.1. The van der Waals surface area contributed by atoms with Crippen molar-refractivity contribution in [3.05, 3.63) is 48.0 Å². The number of amides is 1. The highest BCUT2D eigenvalue weighted by Gasteiger charge is 2.24. The van der Waals surface area contributed by atoms with Crippen molar-refractivity contribution in [2.24, 2.45) is 0 Å². The van der Waals surface area contributed by atoms with Gasteiger partial charge >= 0.3 is 0 Å². The maximum atomic E-state index is 13.1. The van der Waals surface area contributed by atoms with Gasteiger partial charge < -0.3 is 14.4 Å². The summed E-state index contributed by atoms with van der Waals surface area (Å²) in [6.07, 6.45) is 4.09. The van der Waals surface area contributed by atoms with Gasteiger partial charge in [0, 0.05) is 19.2 Å². The standard InChI is InChI=1S/C21H26N2O5S/c1-27-17-9-7-8-16(14-17)22-29(25,26)18-10-11-20(28-2)19(15-18)21(24)23-12-5-3-4-6-13-23/h7-11,14-15,22H,3-6,12-13H2,1-2H3. The number of hydrogen-bond acceptors (Lipinski definition) is 5. The van der Waals surface area contributed by atoms with Crippen LogP contribution < -0.4 is 14.2 Å². The van der Waals surface area contributed by atoms with Gasteiger partial charge in [0.25, 0.3) is 15.9 Å². The number of sulfonamides is 1. The van der Waals surface area contributed by atoms with Crippen molar-refractivity contribution in [2.75, 3.05) is 32.0 Å². The molecule has 1 saturated heterocycles. The molecule has 1 aliphatic heterocycles. The second-order valence-electron chi connectivity index (χ2n) is 6.91. The van der Waals surface area contributed by atoms with Gasteiger partial charge in [0.2, 0.25) is 0 Å².